The Morgan fingerprint density at radius 2 is 2.04 bits per heavy atom. The molecule has 1 aromatic heterocycles. The van der Waals surface area contributed by atoms with Crippen LogP contribution in [0.1, 0.15) is 35.3 Å². The van der Waals surface area contributed by atoms with E-state index < -0.39 is 0 Å². The van der Waals surface area contributed by atoms with Crippen molar-refractivity contribution in [2.24, 2.45) is 0 Å². The Hall–Kier alpha value is -2.63. The van der Waals surface area contributed by atoms with Gasteiger partial charge in [0, 0.05) is 19.6 Å². The number of benzene rings is 1. The number of piperidine rings is 1. The fourth-order valence-corrected chi connectivity index (χ4v) is 2.95. The van der Waals surface area contributed by atoms with Crippen molar-refractivity contribution in [2.75, 3.05) is 32.1 Å². The quantitative estimate of drug-likeness (QED) is 0.876. The minimum absolute atomic E-state index is 0.0184. The highest BCUT2D eigenvalue weighted by molar-refractivity contribution is 5.92. The molecule has 2 heterocycles. The zero-order valence-electron chi connectivity index (χ0n) is 14.6. The summed E-state index contributed by atoms with van der Waals surface area (Å²) in [6.45, 7) is 2.38. The van der Waals surface area contributed by atoms with E-state index in [4.69, 9.17) is 4.74 Å². The summed E-state index contributed by atoms with van der Waals surface area (Å²) in [5.74, 6) is 1.52. The number of aromatic nitrogens is 2. The lowest BCUT2D eigenvalue weighted by atomic mass is 10.1. The first-order valence-electron chi connectivity index (χ1n) is 8.74. The van der Waals surface area contributed by atoms with E-state index in [9.17, 15) is 4.79 Å². The maximum absolute atomic E-state index is 12.4. The molecule has 0 atom stereocenters. The molecule has 6 heteroatoms. The lowest BCUT2D eigenvalue weighted by molar-refractivity contribution is 0.0718. The molecule has 1 N–H and O–H groups in total. The molecule has 1 aromatic carbocycles. The molecule has 2 aromatic rings. The summed E-state index contributed by atoms with van der Waals surface area (Å²) in [5.41, 5.74) is 1.61. The number of likely N-dealkylation sites (tertiary alicyclic amines) is 1. The number of amides is 1. The fourth-order valence-electron chi connectivity index (χ4n) is 2.95. The Labute approximate surface area is 148 Å². The van der Waals surface area contributed by atoms with Gasteiger partial charge in [0.1, 0.15) is 17.3 Å². The summed E-state index contributed by atoms with van der Waals surface area (Å²) >= 11 is 0. The van der Waals surface area contributed by atoms with Crippen LogP contribution < -0.4 is 10.1 Å². The standard InChI is InChI=1S/C19H24N4O2/c1-25-16-7-5-6-15(12-16)8-9-20-18-14-21-17(13-22-18)19(24)23-10-3-2-4-11-23/h5-7,12-14H,2-4,8-11H2,1H3,(H,20,22). The predicted molar refractivity (Wildman–Crippen MR) is 97.0 cm³/mol. The summed E-state index contributed by atoms with van der Waals surface area (Å²) < 4.78 is 5.23. The first-order chi connectivity index (χ1) is 12.3. The summed E-state index contributed by atoms with van der Waals surface area (Å²) in [7, 11) is 1.67. The number of ether oxygens (including phenoxy) is 1. The SMILES string of the molecule is COc1cccc(CCNc2cnc(C(=O)N3CCCCC3)cn2)c1. The number of nitrogens with one attached hydrogen (secondary N) is 1. The topological polar surface area (TPSA) is 67.3 Å². The molecule has 0 radical (unpaired) electrons. The van der Waals surface area contributed by atoms with E-state index in [0.717, 1.165) is 44.6 Å². The highest BCUT2D eigenvalue weighted by atomic mass is 16.5. The Morgan fingerprint density at radius 1 is 1.20 bits per heavy atom. The first-order valence-corrected chi connectivity index (χ1v) is 8.74. The number of methoxy groups -OCH3 is 1. The van der Waals surface area contributed by atoms with Crippen LogP contribution in [0.25, 0.3) is 0 Å². The van der Waals surface area contributed by atoms with Gasteiger partial charge in [0.2, 0.25) is 0 Å². The third-order valence-corrected chi connectivity index (χ3v) is 4.37. The zero-order valence-corrected chi connectivity index (χ0v) is 14.6. The normalized spacial score (nSPS) is 14.2. The average Bonchev–Trinajstić information content (AvgIpc) is 2.69. The van der Waals surface area contributed by atoms with Crippen LogP contribution in [0.3, 0.4) is 0 Å². The molecule has 1 aliphatic heterocycles. The van der Waals surface area contributed by atoms with Crippen molar-refractivity contribution < 1.29 is 9.53 Å². The monoisotopic (exact) mass is 340 g/mol. The van der Waals surface area contributed by atoms with Crippen LogP contribution in [0.5, 0.6) is 5.75 Å². The van der Waals surface area contributed by atoms with Gasteiger partial charge in [-0.1, -0.05) is 12.1 Å². The minimum atomic E-state index is -0.0184. The molecule has 6 nitrogen and oxygen atoms in total. The Kier molecular flexibility index (Phi) is 5.82. The molecule has 0 unspecified atom stereocenters. The molecule has 3 rings (SSSR count). The van der Waals surface area contributed by atoms with Gasteiger partial charge in [0.05, 0.1) is 19.5 Å². The lowest BCUT2D eigenvalue weighted by Gasteiger charge is -2.26. The van der Waals surface area contributed by atoms with E-state index in [1.165, 1.54) is 12.0 Å². The van der Waals surface area contributed by atoms with Crippen LogP contribution in [-0.2, 0) is 6.42 Å². The van der Waals surface area contributed by atoms with Crippen molar-refractivity contribution >= 4 is 11.7 Å². The minimum Gasteiger partial charge on any atom is -0.497 e. The van der Waals surface area contributed by atoms with E-state index in [1.807, 2.05) is 23.1 Å². The van der Waals surface area contributed by atoms with Crippen molar-refractivity contribution in [2.45, 2.75) is 25.7 Å². The smallest absolute Gasteiger partial charge is 0.274 e. The lowest BCUT2D eigenvalue weighted by Crippen LogP contribution is -2.36. The molecule has 0 aliphatic carbocycles. The second kappa shape index (κ2) is 8.46. The van der Waals surface area contributed by atoms with E-state index in [2.05, 4.69) is 21.4 Å². The average molecular weight is 340 g/mol. The van der Waals surface area contributed by atoms with Crippen molar-refractivity contribution in [1.82, 2.24) is 14.9 Å². The van der Waals surface area contributed by atoms with Crippen LogP contribution in [0.2, 0.25) is 0 Å². The van der Waals surface area contributed by atoms with Crippen molar-refractivity contribution in [3.8, 4) is 5.75 Å². The molecule has 1 amide bonds. The summed E-state index contributed by atoms with van der Waals surface area (Å²) in [6.07, 6.45) is 7.39. The number of carbonyl (C=O) groups is 1. The molecule has 132 valence electrons. The summed E-state index contributed by atoms with van der Waals surface area (Å²) in [6, 6.07) is 8.00. The third kappa shape index (κ3) is 4.68. The van der Waals surface area contributed by atoms with Gasteiger partial charge in [0.15, 0.2) is 0 Å². The first kappa shape index (κ1) is 17.2. The number of rotatable bonds is 6. The van der Waals surface area contributed by atoms with Gasteiger partial charge in [-0.05, 0) is 43.4 Å². The molecule has 1 fully saturated rings. The molecular formula is C19H24N4O2. The Balaban J connectivity index is 1.51. The third-order valence-electron chi connectivity index (χ3n) is 4.37. The Morgan fingerprint density at radius 3 is 2.76 bits per heavy atom. The van der Waals surface area contributed by atoms with Gasteiger partial charge >= 0.3 is 0 Å². The van der Waals surface area contributed by atoms with Crippen LogP contribution in [0.15, 0.2) is 36.7 Å². The van der Waals surface area contributed by atoms with Gasteiger partial charge in [-0.3, -0.25) is 4.79 Å². The van der Waals surface area contributed by atoms with Gasteiger partial charge < -0.3 is 15.0 Å². The fraction of sp³-hybridized carbons (Fsp3) is 0.421. The molecule has 25 heavy (non-hydrogen) atoms. The maximum Gasteiger partial charge on any atom is 0.274 e. The number of hydrogen-bond donors (Lipinski definition) is 1. The second-order valence-corrected chi connectivity index (χ2v) is 6.17. The highest BCUT2D eigenvalue weighted by Crippen LogP contribution is 2.14. The molecule has 0 bridgehead atoms. The van der Waals surface area contributed by atoms with E-state index in [0.29, 0.717) is 11.5 Å². The number of nitrogens with zero attached hydrogens (tertiary/aromatic N) is 3. The van der Waals surface area contributed by atoms with E-state index in [-0.39, 0.29) is 5.91 Å². The predicted octanol–water partition coefficient (Wildman–Crippen LogP) is 2.77. The van der Waals surface area contributed by atoms with E-state index in [1.54, 1.807) is 19.5 Å². The largest absolute Gasteiger partial charge is 0.497 e. The van der Waals surface area contributed by atoms with Crippen molar-refractivity contribution in [1.29, 1.82) is 0 Å². The molecule has 0 spiro atoms. The van der Waals surface area contributed by atoms with Crippen LogP contribution in [0, 0.1) is 0 Å². The maximum atomic E-state index is 12.4. The summed E-state index contributed by atoms with van der Waals surface area (Å²) in [5, 5.41) is 3.24. The van der Waals surface area contributed by atoms with Gasteiger partial charge in [0.25, 0.3) is 5.91 Å². The van der Waals surface area contributed by atoms with Gasteiger partial charge in [-0.25, -0.2) is 9.97 Å². The number of carbonyl (C=O) groups excluding carboxylic acids is 1. The number of hydrogen-bond acceptors (Lipinski definition) is 5. The van der Waals surface area contributed by atoms with E-state index >= 15 is 0 Å². The Bertz CT molecular complexity index is 697. The van der Waals surface area contributed by atoms with Gasteiger partial charge in [-0.2, -0.15) is 0 Å². The molecule has 0 saturated carbocycles. The second-order valence-electron chi connectivity index (χ2n) is 6.17. The molecule has 1 saturated heterocycles. The van der Waals surface area contributed by atoms with Crippen LogP contribution in [-0.4, -0.2) is 47.5 Å². The number of anilines is 1. The summed E-state index contributed by atoms with van der Waals surface area (Å²) in [4.78, 5) is 22.8. The zero-order chi connectivity index (χ0) is 17.5. The molecular weight excluding hydrogens is 316 g/mol. The van der Waals surface area contributed by atoms with Crippen LogP contribution >= 0.6 is 0 Å². The molecule has 1 aliphatic rings. The van der Waals surface area contributed by atoms with Gasteiger partial charge in [-0.15, -0.1) is 0 Å². The van der Waals surface area contributed by atoms with Crippen LogP contribution in [0.4, 0.5) is 5.82 Å². The van der Waals surface area contributed by atoms with Crippen molar-refractivity contribution in [3.63, 3.8) is 0 Å². The highest BCUT2D eigenvalue weighted by Gasteiger charge is 2.19. The van der Waals surface area contributed by atoms with Crippen molar-refractivity contribution in [3.05, 3.63) is 47.9 Å².